The second kappa shape index (κ2) is 5.65. The average molecular weight is 297 g/mol. The van der Waals surface area contributed by atoms with Gasteiger partial charge in [0, 0.05) is 11.8 Å². The first-order valence-corrected chi connectivity index (χ1v) is 5.99. The van der Waals surface area contributed by atoms with Crippen LogP contribution < -0.4 is 0 Å². The molecular formula is C15H11F4NO. The number of pyridine rings is 1. The lowest BCUT2D eigenvalue weighted by Crippen LogP contribution is -2.41. The largest absolute Gasteiger partial charge is 0.426 e. The Hall–Kier alpha value is -2.21. The first-order chi connectivity index (χ1) is 9.84. The zero-order chi connectivity index (χ0) is 15.5. The van der Waals surface area contributed by atoms with Crippen LogP contribution in [0.4, 0.5) is 17.6 Å². The Labute approximate surface area is 118 Å². The van der Waals surface area contributed by atoms with Crippen molar-refractivity contribution in [3.63, 3.8) is 0 Å². The standard InChI is InChI=1S/C15H11F4NO/c16-12-6-2-1-5-11(12)8-9-14(21,15(17,18)19)13-7-3-4-10-20-13/h1-10,21H. The molecule has 1 N–H and O–H groups in total. The number of aromatic nitrogens is 1. The molecule has 0 bridgehead atoms. The van der Waals surface area contributed by atoms with Crippen molar-refractivity contribution in [1.29, 1.82) is 0 Å². The van der Waals surface area contributed by atoms with Gasteiger partial charge in [0.1, 0.15) is 5.82 Å². The molecule has 0 radical (unpaired) electrons. The highest BCUT2D eigenvalue weighted by Gasteiger charge is 2.54. The smallest absolute Gasteiger partial charge is 0.371 e. The van der Waals surface area contributed by atoms with Gasteiger partial charge in [-0.1, -0.05) is 30.3 Å². The summed E-state index contributed by atoms with van der Waals surface area (Å²) >= 11 is 0. The van der Waals surface area contributed by atoms with Crippen LogP contribution in [0.2, 0.25) is 0 Å². The van der Waals surface area contributed by atoms with E-state index in [1.165, 1.54) is 30.3 Å². The van der Waals surface area contributed by atoms with Gasteiger partial charge in [0.05, 0.1) is 5.69 Å². The molecule has 0 fully saturated rings. The predicted octanol–water partition coefficient (Wildman–Crippen LogP) is 3.68. The maximum absolute atomic E-state index is 13.4. The molecule has 0 aliphatic carbocycles. The summed E-state index contributed by atoms with van der Waals surface area (Å²) < 4.78 is 52.9. The van der Waals surface area contributed by atoms with Crippen LogP contribution in [-0.2, 0) is 5.60 Å². The van der Waals surface area contributed by atoms with Crippen molar-refractivity contribution in [3.05, 3.63) is 71.8 Å². The topological polar surface area (TPSA) is 33.1 Å². The van der Waals surface area contributed by atoms with Crippen LogP contribution in [0.15, 0.2) is 54.7 Å². The first kappa shape index (κ1) is 15.2. The van der Waals surface area contributed by atoms with Crippen molar-refractivity contribution in [2.75, 3.05) is 0 Å². The summed E-state index contributed by atoms with van der Waals surface area (Å²) in [6.07, 6.45) is -2.46. The lowest BCUT2D eigenvalue weighted by atomic mass is 9.96. The van der Waals surface area contributed by atoms with E-state index in [4.69, 9.17) is 0 Å². The summed E-state index contributed by atoms with van der Waals surface area (Å²) in [4.78, 5) is 3.54. The minimum absolute atomic E-state index is 0.0592. The highest BCUT2D eigenvalue weighted by atomic mass is 19.4. The molecule has 1 atom stereocenters. The SMILES string of the molecule is OC(C=Cc1ccccc1F)(c1ccccn1)C(F)(F)F. The van der Waals surface area contributed by atoms with Gasteiger partial charge in [0.15, 0.2) is 0 Å². The van der Waals surface area contributed by atoms with E-state index in [-0.39, 0.29) is 5.56 Å². The van der Waals surface area contributed by atoms with Crippen molar-refractivity contribution in [2.24, 2.45) is 0 Å². The summed E-state index contributed by atoms with van der Waals surface area (Å²) in [7, 11) is 0. The summed E-state index contributed by atoms with van der Waals surface area (Å²) in [5.41, 5.74) is -3.92. The van der Waals surface area contributed by atoms with Crippen LogP contribution in [0.1, 0.15) is 11.3 Å². The summed E-state index contributed by atoms with van der Waals surface area (Å²) in [5.74, 6) is -0.681. The molecule has 110 valence electrons. The zero-order valence-electron chi connectivity index (χ0n) is 10.7. The second-order valence-electron chi connectivity index (χ2n) is 4.33. The number of nitrogens with zero attached hydrogens (tertiary/aromatic N) is 1. The first-order valence-electron chi connectivity index (χ1n) is 5.99. The van der Waals surface area contributed by atoms with Gasteiger partial charge in [0.25, 0.3) is 0 Å². The number of hydrogen-bond acceptors (Lipinski definition) is 2. The molecule has 21 heavy (non-hydrogen) atoms. The number of hydrogen-bond donors (Lipinski definition) is 1. The Balaban J connectivity index is 2.46. The van der Waals surface area contributed by atoms with Crippen LogP contribution in [0.25, 0.3) is 6.08 Å². The van der Waals surface area contributed by atoms with E-state index in [0.717, 1.165) is 24.4 Å². The molecule has 1 unspecified atom stereocenters. The van der Waals surface area contributed by atoms with Crippen molar-refractivity contribution in [3.8, 4) is 0 Å². The molecular weight excluding hydrogens is 286 g/mol. The molecule has 0 amide bonds. The molecule has 0 spiro atoms. The molecule has 0 aliphatic heterocycles. The van der Waals surface area contributed by atoms with E-state index < -0.39 is 23.3 Å². The van der Waals surface area contributed by atoms with Crippen LogP contribution in [-0.4, -0.2) is 16.3 Å². The number of alkyl halides is 3. The minimum Gasteiger partial charge on any atom is -0.371 e. The minimum atomic E-state index is -4.98. The third-order valence-electron chi connectivity index (χ3n) is 2.90. The zero-order valence-corrected chi connectivity index (χ0v) is 10.7. The predicted molar refractivity (Wildman–Crippen MR) is 69.6 cm³/mol. The number of benzene rings is 1. The molecule has 1 aromatic heterocycles. The van der Waals surface area contributed by atoms with Gasteiger partial charge in [0.2, 0.25) is 5.60 Å². The van der Waals surface area contributed by atoms with Gasteiger partial charge in [-0.25, -0.2) is 4.39 Å². The van der Waals surface area contributed by atoms with E-state index >= 15 is 0 Å². The van der Waals surface area contributed by atoms with Crippen molar-refractivity contribution in [2.45, 2.75) is 11.8 Å². The van der Waals surface area contributed by atoms with Crippen molar-refractivity contribution >= 4 is 6.08 Å². The monoisotopic (exact) mass is 297 g/mol. The van der Waals surface area contributed by atoms with Crippen LogP contribution in [0.3, 0.4) is 0 Å². The molecule has 2 nitrogen and oxygen atoms in total. The van der Waals surface area contributed by atoms with Crippen LogP contribution >= 0.6 is 0 Å². The Morgan fingerprint density at radius 2 is 1.67 bits per heavy atom. The maximum atomic E-state index is 13.4. The van der Waals surface area contributed by atoms with Gasteiger partial charge >= 0.3 is 6.18 Å². The number of halogens is 4. The quantitative estimate of drug-likeness (QED) is 0.877. The fourth-order valence-electron chi connectivity index (χ4n) is 1.73. The molecule has 0 saturated carbocycles. The van der Waals surface area contributed by atoms with Crippen LogP contribution in [0, 0.1) is 5.82 Å². The summed E-state index contributed by atoms with van der Waals surface area (Å²) in [6, 6.07) is 9.14. The van der Waals surface area contributed by atoms with E-state index in [1.807, 2.05) is 0 Å². The number of aliphatic hydroxyl groups is 1. The molecule has 1 heterocycles. The lowest BCUT2D eigenvalue weighted by Gasteiger charge is -2.26. The second-order valence-corrected chi connectivity index (χ2v) is 4.33. The molecule has 1 aromatic carbocycles. The molecule has 2 aromatic rings. The highest BCUT2D eigenvalue weighted by Crippen LogP contribution is 2.39. The summed E-state index contributed by atoms with van der Waals surface area (Å²) in [6.45, 7) is 0. The van der Waals surface area contributed by atoms with E-state index in [0.29, 0.717) is 6.08 Å². The van der Waals surface area contributed by atoms with Crippen molar-refractivity contribution in [1.82, 2.24) is 4.98 Å². The molecule has 0 aliphatic rings. The van der Waals surface area contributed by atoms with Crippen LogP contribution in [0.5, 0.6) is 0 Å². The van der Waals surface area contributed by atoms with Crippen molar-refractivity contribution < 1.29 is 22.7 Å². The molecule has 2 rings (SSSR count). The average Bonchev–Trinajstić information content (AvgIpc) is 2.46. The Morgan fingerprint density at radius 1 is 1.00 bits per heavy atom. The van der Waals surface area contributed by atoms with Gasteiger partial charge < -0.3 is 5.11 Å². The highest BCUT2D eigenvalue weighted by molar-refractivity contribution is 5.52. The third kappa shape index (κ3) is 3.11. The van der Waals surface area contributed by atoms with Gasteiger partial charge in [-0.15, -0.1) is 0 Å². The van der Waals surface area contributed by atoms with Gasteiger partial charge in [-0.3, -0.25) is 4.98 Å². The molecule has 0 saturated heterocycles. The maximum Gasteiger partial charge on any atom is 0.426 e. The summed E-state index contributed by atoms with van der Waals surface area (Å²) in [5, 5.41) is 9.97. The van der Waals surface area contributed by atoms with E-state index in [1.54, 1.807) is 0 Å². The Bertz CT molecular complexity index is 640. The van der Waals surface area contributed by atoms with E-state index in [9.17, 15) is 22.7 Å². The normalized spacial score (nSPS) is 15.1. The fourth-order valence-corrected chi connectivity index (χ4v) is 1.73. The van der Waals surface area contributed by atoms with Gasteiger partial charge in [-0.2, -0.15) is 13.2 Å². The van der Waals surface area contributed by atoms with Gasteiger partial charge in [-0.05, 0) is 24.3 Å². The molecule has 6 heteroatoms. The third-order valence-corrected chi connectivity index (χ3v) is 2.90. The lowest BCUT2D eigenvalue weighted by molar-refractivity contribution is -0.246. The Morgan fingerprint density at radius 3 is 2.24 bits per heavy atom. The fraction of sp³-hybridized carbons (Fsp3) is 0.133. The number of rotatable bonds is 3. The van der Waals surface area contributed by atoms with E-state index in [2.05, 4.69) is 4.98 Å². The Kier molecular flexibility index (Phi) is 4.09.